The molecule has 0 amide bonds. The number of halogens is 1. The molecule has 4 nitrogen and oxygen atoms in total. The van der Waals surface area contributed by atoms with Crippen molar-refractivity contribution in [3.05, 3.63) is 93.5 Å². The second kappa shape index (κ2) is 8.47. The number of methoxy groups -OCH3 is 1. The molecular formula is C27H25BrN2O2. The Morgan fingerprint density at radius 3 is 2.72 bits per heavy atom. The number of benzene rings is 3. The Morgan fingerprint density at radius 2 is 1.94 bits per heavy atom. The minimum absolute atomic E-state index is 0.0884. The molecule has 0 bridgehead atoms. The summed E-state index contributed by atoms with van der Waals surface area (Å²) in [6.07, 6.45) is 7.56. The van der Waals surface area contributed by atoms with E-state index >= 15 is 0 Å². The second-order valence-corrected chi connectivity index (χ2v) is 9.32. The first-order valence-electron chi connectivity index (χ1n) is 10.8. The third-order valence-corrected chi connectivity index (χ3v) is 7.01. The summed E-state index contributed by atoms with van der Waals surface area (Å²) < 4.78 is 5.79. The average Bonchev–Trinajstić information content (AvgIpc) is 3.30. The van der Waals surface area contributed by atoms with Crippen LogP contribution in [0.1, 0.15) is 40.6 Å². The Hall–Kier alpha value is -3.05. The molecule has 3 aromatic carbocycles. The van der Waals surface area contributed by atoms with Crippen molar-refractivity contribution in [2.24, 2.45) is 10.9 Å². The molecule has 2 aliphatic rings. The van der Waals surface area contributed by atoms with Crippen molar-refractivity contribution in [2.75, 3.05) is 12.4 Å². The largest absolute Gasteiger partial charge is 0.503 e. The van der Waals surface area contributed by atoms with Crippen LogP contribution < -0.4 is 10.1 Å². The first-order chi connectivity index (χ1) is 15.5. The number of aliphatic imine (C=N–C) groups is 1. The molecule has 2 N–H and O–H groups in total. The van der Waals surface area contributed by atoms with Crippen molar-refractivity contribution in [3.63, 3.8) is 0 Å². The van der Waals surface area contributed by atoms with Crippen LogP contribution in [0.3, 0.4) is 0 Å². The molecule has 1 heterocycles. The molecule has 5 heteroatoms. The van der Waals surface area contributed by atoms with Crippen LogP contribution in [0.25, 0.3) is 0 Å². The number of aromatic hydroxyl groups is 1. The van der Waals surface area contributed by atoms with Crippen LogP contribution in [0, 0.1) is 12.8 Å². The van der Waals surface area contributed by atoms with E-state index in [-0.39, 0.29) is 11.8 Å². The van der Waals surface area contributed by atoms with E-state index in [4.69, 9.17) is 4.74 Å². The maximum atomic E-state index is 9.97. The molecular weight excluding hydrogens is 464 g/mol. The van der Waals surface area contributed by atoms with E-state index in [2.05, 4.69) is 87.8 Å². The fourth-order valence-electron chi connectivity index (χ4n) is 4.78. The van der Waals surface area contributed by atoms with E-state index < -0.39 is 0 Å². The van der Waals surface area contributed by atoms with Gasteiger partial charge in [0.15, 0.2) is 11.5 Å². The Labute approximate surface area is 196 Å². The number of nitrogens with zero attached hydrogens (tertiary/aromatic N) is 1. The Morgan fingerprint density at radius 1 is 1.12 bits per heavy atom. The summed E-state index contributed by atoms with van der Waals surface area (Å²) in [6, 6.07) is 19.0. The quantitative estimate of drug-likeness (QED) is 0.305. The van der Waals surface area contributed by atoms with E-state index in [9.17, 15) is 5.11 Å². The van der Waals surface area contributed by atoms with Crippen LogP contribution in [0.5, 0.6) is 11.5 Å². The molecule has 0 saturated carbocycles. The van der Waals surface area contributed by atoms with Crippen molar-refractivity contribution in [3.8, 4) is 11.5 Å². The Kier molecular flexibility index (Phi) is 5.51. The molecule has 3 atom stereocenters. The highest BCUT2D eigenvalue weighted by Gasteiger charge is 2.37. The number of nitrogens with one attached hydrogen (secondary N) is 1. The predicted molar refractivity (Wildman–Crippen MR) is 134 cm³/mol. The number of allylic oxidation sites excluding steroid dienone is 2. The smallest absolute Gasteiger partial charge is 0.172 e. The van der Waals surface area contributed by atoms with Gasteiger partial charge in [0.05, 0.1) is 23.3 Å². The minimum atomic E-state index is 0.0884. The lowest BCUT2D eigenvalue weighted by atomic mass is 9.76. The van der Waals surface area contributed by atoms with Crippen molar-refractivity contribution in [1.82, 2.24) is 0 Å². The second-order valence-electron chi connectivity index (χ2n) is 8.47. The SMILES string of the molecule is COc1cc(C=Nc2ccc([C@@H]3Nc4ccc(C)cc4[C@@H]4C=CC[C@H]43)cc2)cc(Br)c1O. The molecule has 0 saturated heterocycles. The molecule has 0 unspecified atom stereocenters. The van der Waals surface area contributed by atoms with Gasteiger partial charge in [0.2, 0.25) is 0 Å². The van der Waals surface area contributed by atoms with Gasteiger partial charge in [-0.2, -0.15) is 0 Å². The van der Waals surface area contributed by atoms with Gasteiger partial charge < -0.3 is 15.2 Å². The summed E-state index contributed by atoms with van der Waals surface area (Å²) >= 11 is 3.35. The van der Waals surface area contributed by atoms with E-state index in [1.807, 2.05) is 6.07 Å². The maximum absolute atomic E-state index is 9.97. The van der Waals surface area contributed by atoms with Gasteiger partial charge in [-0.15, -0.1) is 0 Å². The molecule has 0 spiro atoms. The fourth-order valence-corrected chi connectivity index (χ4v) is 5.24. The van der Waals surface area contributed by atoms with Crippen LogP contribution in [-0.4, -0.2) is 18.4 Å². The zero-order valence-electron chi connectivity index (χ0n) is 18.0. The van der Waals surface area contributed by atoms with Crippen molar-refractivity contribution >= 4 is 33.5 Å². The monoisotopic (exact) mass is 488 g/mol. The summed E-state index contributed by atoms with van der Waals surface area (Å²) in [5.74, 6) is 1.50. The van der Waals surface area contributed by atoms with Crippen molar-refractivity contribution < 1.29 is 9.84 Å². The van der Waals surface area contributed by atoms with Gasteiger partial charge in [0.25, 0.3) is 0 Å². The lowest BCUT2D eigenvalue weighted by Gasteiger charge is -2.37. The first-order valence-corrected chi connectivity index (χ1v) is 11.6. The summed E-state index contributed by atoms with van der Waals surface area (Å²) in [4.78, 5) is 4.61. The highest BCUT2D eigenvalue weighted by molar-refractivity contribution is 9.10. The third kappa shape index (κ3) is 3.82. The number of anilines is 1. The number of phenols is 1. The Balaban J connectivity index is 1.38. The van der Waals surface area contributed by atoms with Crippen LogP contribution >= 0.6 is 15.9 Å². The summed E-state index contributed by atoms with van der Waals surface area (Å²) in [5, 5.41) is 13.8. The fraction of sp³-hybridized carbons (Fsp3) is 0.222. The Bertz CT molecular complexity index is 1220. The lowest BCUT2D eigenvalue weighted by Crippen LogP contribution is -2.29. The number of fused-ring (bicyclic) bond motifs is 3. The molecule has 5 rings (SSSR count). The van der Waals surface area contributed by atoms with Gasteiger partial charge in [0.1, 0.15) is 0 Å². The van der Waals surface area contributed by atoms with Crippen LogP contribution in [0.4, 0.5) is 11.4 Å². The number of ether oxygens (including phenoxy) is 1. The molecule has 1 aliphatic carbocycles. The van der Waals surface area contributed by atoms with Crippen molar-refractivity contribution in [2.45, 2.75) is 25.3 Å². The van der Waals surface area contributed by atoms with Gasteiger partial charge in [-0.25, -0.2) is 0 Å². The minimum Gasteiger partial charge on any atom is -0.503 e. The van der Waals surface area contributed by atoms with Gasteiger partial charge in [-0.1, -0.05) is 42.0 Å². The molecule has 162 valence electrons. The summed E-state index contributed by atoms with van der Waals surface area (Å²) in [7, 11) is 1.53. The molecule has 1 aliphatic heterocycles. The molecule has 0 fully saturated rings. The molecule has 32 heavy (non-hydrogen) atoms. The molecule has 0 aromatic heterocycles. The third-order valence-electron chi connectivity index (χ3n) is 6.40. The number of hydrogen-bond acceptors (Lipinski definition) is 4. The van der Waals surface area contributed by atoms with Crippen LogP contribution in [0.2, 0.25) is 0 Å². The van der Waals surface area contributed by atoms with Crippen LogP contribution in [0.15, 0.2) is 76.2 Å². The van der Waals surface area contributed by atoms with Crippen molar-refractivity contribution in [1.29, 1.82) is 0 Å². The van der Waals surface area contributed by atoms with E-state index in [1.54, 1.807) is 12.3 Å². The highest BCUT2D eigenvalue weighted by Crippen LogP contribution is 2.50. The number of aryl methyl sites for hydroxylation is 1. The van der Waals surface area contributed by atoms with Gasteiger partial charge in [0, 0.05) is 17.8 Å². The van der Waals surface area contributed by atoms with E-state index in [0.29, 0.717) is 22.1 Å². The zero-order valence-corrected chi connectivity index (χ0v) is 19.6. The summed E-state index contributed by atoms with van der Waals surface area (Å²) in [6.45, 7) is 2.16. The number of rotatable bonds is 4. The highest BCUT2D eigenvalue weighted by atomic mass is 79.9. The molecule has 3 aromatic rings. The lowest BCUT2D eigenvalue weighted by molar-refractivity contribution is 0.372. The first kappa shape index (κ1) is 20.8. The van der Waals surface area contributed by atoms with E-state index in [1.165, 1.54) is 29.5 Å². The van der Waals surface area contributed by atoms with Crippen LogP contribution in [-0.2, 0) is 0 Å². The molecule has 0 radical (unpaired) electrons. The standard InChI is InChI=1S/C27H25BrN2O2/c1-16-6-11-24-22(12-16)20-4-3-5-21(20)26(30-24)18-7-9-19(10-8-18)29-15-17-13-23(28)27(31)25(14-17)32-2/h3-4,6-15,20-21,26,30-31H,5H2,1-2H3/t20-,21-,26+/m1/s1. The summed E-state index contributed by atoms with van der Waals surface area (Å²) in [5.41, 5.74) is 6.96. The maximum Gasteiger partial charge on any atom is 0.172 e. The average molecular weight is 489 g/mol. The van der Waals surface area contributed by atoms with E-state index in [0.717, 1.165) is 17.7 Å². The predicted octanol–water partition coefficient (Wildman–Crippen LogP) is 7.05. The number of hydrogen-bond donors (Lipinski definition) is 2. The van der Waals surface area contributed by atoms with Gasteiger partial charge in [-0.3, -0.25) is 4.99 Å². The number of phenolic OH excluding ortho intramolecular Hbond substituents is 1. The van der Waals surface area contributed by atoms with Gasteiger partial charge >= 0.3 is 0 Å². The zero-order chi connectivity index (χ0) is 22.2. The van der Waals surface area contributed by atoms with Gasteiger partial charge in [-0.05, 0) is 82.2 Å². The topological polar surface area (TPSA) is 53.8 Å². The normalized spacial score (nSPS) is 21.3.